The minimum atomic E-state index is -1.02. The van der Waals surface area contributed by atoms with Crippen molar-refractivity contribution in [2.24, 2.45) is 0 Å². The van der Waals surface area contributed by atoms with E-state index in [0.717, 1.165) is 11.4 Å². The molecule has 0 saturated carbocycles. The fourth-order valence-electron chi connectivity index (χ4n) is 3.15. The maximum atomic E-state index is 12.8. The first-order valence-corrected chi connectivity index (χ1v) is 8.62. The van der Waals surface area contributed by atoms with Crippen LogP contribution in [-0.4, -0.2) is 62.7 Å². The van der Waals surface area contributed by atoms with Gasteiger partial charge < -0.3 is 14.7 Å². The molecule has 0 spiro atoms. The van der Waals surface area contributed by atoms with Gasteiger partial charge in [0.05, 0.1) is 23.5 Å². The number of para-hydroxylation sites is 1. The van der Waals surface area contributed by atoms with Gasteiger partial charge >= 0.3 is 5.97 Å². The summed E-state index contributed by atoms with van der Waals surface area (Å²) in [6.45, 7) is 2.62. The summed E-state index contributed by atoms with van der Waals surface area (Å²) in [4.78, 5) is 25.4. The van der Waals surface area contributed by atoms with E-state index in [1.807, 2.05) is 37.3 Å². The van der Waals surface area contributed by atoms with Crippen molar-refractivity contribution in [3.05, 3.63) is 41.7 Å². The van der Waals surface area contributed by atoms with Crippen LogP contribution in [0.2, 0.25) is 0 Å². The van der Waals surface area contributed by atoms with E-state index in [2.05, 4.69) is 10.3 Å². The van der Waals surface area contributed by atoms with Gasteiger partial charge in [-0.05, 0) is 31.9 Å². The number of carboxylic acids is 1. The molecule has 8 nitrogen and oxygen atoms in total. The van der Waals surface area contributed by atoms with Crippen LogP contribution in [0.1, 0.15) is 24.2 Å². The van der Waals surface area contributed by atoms with Crippen LogP contribution in [-0.2, 0) is 20.7 Å². The van der Waals surface area contributed by atoms with E-state index in [1.54, 1.807) is 4.68 Å². The van der Waals surface area contributed by atoms with Gasteiger partial charge in [0.2, 0.25) is 5.91 Å². The lowest BCUT2D eigenvalue weighted by Gasteiger charge is -2.33. The molecular weight excluding hydrogens is 336 g/mol. The number of carbonyl (C=O) groups is 2. The van der Waals surface area contributed by atoms with Crippen molar-refractivity contribution in [3.63, 3.8) is 0 Å². The highest BCUT2D eigenvalue weighted by molar-refractivity contribution is 5.83. The second-order valence-corrected chi connectivity index (χ2v) is 6.30. The van der Waals surface area contributed by atoms with E-state index < -0.39 is 5.97 Å². The summed E-state index contributed by atoms with van der Waals surface area (Å²) in [5.41, 5.74) is 2.19. The van der Waals surface area contributed by atoms with Crippen molar-refractivity contribution >= 4 is 11.9 Å². The summed E-state index contributed by atoms with van der Waals surface area (Å²) >= 11 is 0. The predicted molar refractivity (Wildman–Crippen MR) is 93.0 cm³/mol. The average molecular weight is 358 g/mol. The number of ether oxygens (including phenoxy) is 1. The molecule has 1 saturated heterocycles. The Balaban J connectivity index is 1.77. The van der Waals surface area contributed by atoms with Gasteiger partial charge in [0.15, 0.2) is 0 Å². The van der Waals surface area contributed by atoms with Gasteiger partial charge in [0, 0.05) is 19.3 Å². The quantitative estimate of drug-likeness (QED) is 0.834. The number of benzene rings is 1. The lowest BCUT2D eigenvalue weighted by atomic mass is 10.1. The Hall–Kier alpha value is -2.74. The largest absolute Gasteiger partial charge is 0.480 e. The van der Waals surface area contributed by atoms with Crippen molar-refractivity contribution in [1.29, 1.82) is 0 Å². The first kappa shape index (κ1) is 18.1. The van der Waals surface area contributed by atoms with Gasteiger partial charge in [-0.25, -0.2) is 4.68 Å². The van der Waals surface area contributed by atoms with Gasteiger partial charge in [0.25, 0.3) is 0 Å². The van der Waals surface area contributed by atoms with Crippen molar-refractivity contribution in [2.75, 3.05) is 19.8 Å². The fourth-order valence-corrected chi connectivity index (χ4v) is 3.15. The second-order valence-electron chi connectivity index (χ2n) is 6.30. The zero-order chi connectivity index (χ0) is 18.5. The van der Waals surface area contributed by atoms with Crippen LogP contribution >= 0.6 is 0 Å². The first-order valence-electron chi connectivity index (χ1n) is 8.62. The molecule has 26 heavy (non-hydrogen) atoms. The average Bonchev–Trinajstić information content (AvgIpc) is 3.01. The monoisotopic (exact) mass is 358 g/mol. The molecule has 1 aromatic carbocycles. The lowest BCUT2D eigenvalue weighted by Crippen LogP contribution is -2.46. The van der Waals surface area contributed by atoms with Crippen molar-refractivity contribution in [3.8, 4) is 5.69 Å². The highest BCUT2D eigenvalue weighted by Crippen LogP contribution is 2.17. The SMILES string of the molecule is Cc1c(CC(=O)N(CC(=O)O)C2CCOCC2)nnn1-c1ccccc1. The molecule has 2 aromatic rings. The van der Waals surface area contributed by atoms with Crippen LogP contribution in [0.5, 0.6) is 0 Å². The summed E-state index contributed by atoms with van der Waals surface area (Å²) < 4.78 is 6.99. The van der Waals surface area contributed by atoms with E-state index in [4.69, 9.17) is 4.74 Å². The first-order chi connectivity index (χ1) is 12.6. The molecule has 138 valence electrons. The summed E-state index contributed by atoms with van der Waals surface area (Å²) in [5.74, 6) is -1.27. The van der Waals surface area contributed by atoms with Gasteiger partial charge in [-0.15, -0.1) is 5.10 Å². The van der Waals surface area contributed by atoms with Gasteiger partial charge in [-0.3, -0.25) is 9.59 Å². The molecule has 1 N–H and O–H groups in total. The number of aliphatic carboxylic acids is 1. The Labute approximate surface area is 151 Å². The third-order valence-corrected chi connectivity index (χ3v) is 4.57. The highest BCUT2D eigenvalue weighted by atomic mass is 16.5. The zero-order valence-electron chi connectivity index (χ0n) is 14.7. The Morgan fingerprint density at radius 1 is 1.27 bits per heavy atom. The topological polar surface area (TPSA) is 97.6 Å². The molecule has 3 rings (SSSR count). The molecule has 0 bridgehead atoms. The van der Waals surface area contributed by atoms with Crippen LogP contribution in [0.3, 0.4) is 0 Å². The van der Waals surface area contributed by atoms with Crippen molar-refractivity contribution in [1.82, 2.24) is 19.9 Å². The maximum Gasteiger partial charge on any atom is 0.323 e. The third-order valence-electron chi connectivity index (χ3n) is 4.57. The van der Waals surface area contributed by atoms with Gasteiger partial charge in [0.1, 0.15) is 6.54 Å². The minimum Gasteiger partial charge on any atom is -0.480 e. The smallest absolute Gasteiger partial charge is 0.323 e. The molecule has 0 aliphatic carbocycles. The molecule has 1 aromatic heterocycles. The number of hydrogen-bond donors (Lipinski definition) is 1. The Bertz CT molecular complexity index is 769. The van der Waals surface area contributed by atoms with Crippen LogP contribution in [0, 0.1) is 6.92 Å². The number of rotatable bonds is 6. The summed E-state index contributed by atoms with van der Waals surface area (Å²) in [7, 11) is 0. The van der Waals surface area contributed by atoms with Crippen LogP contribution in [0.4, 0.5) is 0 Å². The zero-order valence-corrected chi connectivity index (χ0v) is 14.7. The van der Waals surface area contributed by atoms with Crippen LogP contribution in [0.25, 0.3) is 5.69 Å². The van der Waals surface area contributed by atoms with Gasteiger partial charge in [-0.1, -0.05) is 23.4 Å². The summed E-state index contributed by atoms with van der Waals surface area (Å²) in [5, 5.41) is 17.4. The molecule has 1 fully saturated rings. The Morgan fingerprint density at radius 3 is 2.62 bits per heavy atom. The standard InChI is InChI=1S/C18H22N4O4/c1-13-16(19-20-22(13)15-5-3-2-4-6-15)11-17(23)21(12-18(24)25)14-7-9-26-10-8-14/h2-6,14H,7-12H2,1H3,(H,24,25). The summed E-state index contributed by atoms with van der Waals surface area (Å²) in [6, 6.07) is 9.43. The highest BCUT2D eigenvalue weighted by Gasteiger charge is 2.28. The molecular formula is C18H22N4O4. The third kappa shape index (κ3) is 4.08. The van der Waals surface area contributed by atoms with Crippen molar-refractivity contribution < 1.29 is 19.4 Å². The molecule has 0 radical (unpaired) electrons. The Morgan fingerprint density at radius 2 is 1.96 bits per heavy atom. The predicted octanol–water partition coefficient (Wildman–Crippen LogP) is 1.21. The van der Waals surface area contributed by atoms with Crippen LogP contribution < -0.4 is 0 Å². The number of nitrogens with zero attached hydrogens (tertiary/aromatic N) is 4. The molecule has 1 aliphatic heterocycles. The summed E-state index contributed by atoms with van der Waals surface area (Å²) in [6.07, 6.45) is 1.33. The number of carboxylic acid groups (broad SMARTS) is 1. The molecule has 2 heterocycles. The molecule has 1 aliphatic rings. The van der Waals surface area contributed by atoms with E-state index in [0.29, 0.717) is 31.7 Å². The Kier molecular flexibility index (Phi) is 5.62. The normalized spacial score (nSPS) is 15.0. The van der Waals surface area contributed by atoms with E-state index in [1.165, 1.54) is 4.90 Å². The van der Waals surface area contributed by atoms with E-state index in [-0.39, 0.29) is 24.9 Å². The van der Waals surface area contributed by atoms with Crippen LogP contribution in [0.15, 0.2) is 30.3 Å². The maximum absolute atomic E-state index is 12.8. The van der Waals surface area contributed by atoms with Crippen molar-refractivity contribution in [2.45, 2.75) is 32.2 Å². The molecule has 8 heteroatoms. The van der Waals surface area contributed by atoms with E-state index >= 15 is 0 Å². The van der Waals surface area contributed by atoms with E-state index in [9.17, 15) is 14.7 Å². The fraction of sp³-hybridized carbons (Fsp3) is 0.444. The number of amides is 1. The molecule has 1 amide bonds. The number of carbonyl (C=O) groups excluding carboxylic acids is 1. The lowest BCUT2D eigenvalue weighted by molar-refractivity contribution is -0.147. The number of aromatic nitrogens is 3. The molecule has 0 unspecified atom stereocenters. The number of hydrogen-bond acceptors (Lipinski definition) is 5. The van der Waals surface area contributed by atoms with Gasteiger partial charge in [-0.2, -0.15) is 0 Å². The second kappa shape index (κ2) is 8.09. The minimum absolute atomic E-state index is 0.0311. The molecule has 0 atom stereocenters.